The van der Waals surface area contributed by atoms with E-state index >= 15 is 0 Å². The van der Waals surface area contributed by atoms with Gasteiger partial charge in [0.05, 0.1) is 0 Å². The average Bonchev–Trinajstić information content (AvgIpc) is 2.94. The Bertz CT molecular complexity index is 1060. The third-order valence-corrected chi connectivity index (χ3v) is 5.81. The van der Waals surface area contributed by atoms with Gasteiger partial charge in [0.25, 0.3) is 0 Å². The molecule has 0 heterocycles. The van der Waals surface area contributed by atoms with E-state index in [-0.39, 0.29) is 29.0 Å². The van der Waals surface area contributed by atoms with Crippen molar-refractivity contribution < 1.29 is 29.0 Å². The summed E-state index contributed by atoms with van der Waals surface area (Å²) in [5, 5.41) is 9.58. The van der Waals surface area contributed by atoms with Gasteiger partial charge in [-0.3, -0.25) is 9.59 Å². The fraction of sp³-hybridized carbons (Fsp3) is 0.323. The summed E-state index contributed by atoms with van der Waals surface area (Å²) in [6.07, 6.45) is 3.94. The van der Waals surface area contributed by atoms with Crippen LogP contribution in [0.25, 0.3) is 0 Å². The molecule has 1 unspecified atom stereocenters. The normalized spacial score (nSPS) is 11.2. The Morgan fingerprint density at radius 2 is 1.27 bits per heavy atom. The van der Waals surface area contributed by atoms with Gasteiger partial charge in [0.1, 0.15) is 17.4 Å². The van der Waals surface area contributed by atoms with Crippen molar-refractivity contribution in [3.8, 4) is 5.75 Å². The summed E-state index contributed by atoms with van der Waals surface area (Å²) >= 11 is 0. The van der Waals surface area contributed by atoms with E-state index in [1.807, 2.05) is 19.1 Å². The van der Waals surface area contributed by atoms with Gasteiger partial charge < -0.3 is 14.6 Å². The maximum atomic E-state index is 12.2. The highest BCUT2D eigenvalue weighted by Gasteiger charge is 2.28. The van der Waals surface area contributed by atoms with Crippen LogP contribution in [0, 0.1) is 0 Å². The second-order valence-corrected chi connectivity index (χ2v) is 8.52. The molecule has 0 fully saturated rings. The van der Waals surface area contributed by atoms with Gasteiger partial charge in [-0.1, -0.05) is 99.5 Å². The number of carbonyl (C=O) groups excluding carboxylic acids is 3. The van der Waals surface area contributed by atoms with Gasteiger partial charge in [-0.25, -0.2) is 4.79 Å². The monoisotopic (exact) mass is 504 g/mol. The lowest BCUT2D eigenvalue weighted by Gasteiger charge is -2.16. The molecule has 0 aliphatic heterocycles. The number of phenolic OH excluding ortho intramolecular Hbond substituents is 1. The lowest BCUT2D eigenvalue weighted by molar-refractivity contribution is 0.0264. The first-order chi connectivity index (χ1) is 17.9. The SMILES string of the molecule is CCCCCC(CC)OC(=O)c1ccccc1O.COC(C(=O)c1ccccc1)C(=O)c1ccccc1. The Kier molecular flexibility index (Phi) is 12.8. The van der Waals surface area contributed by atoms with E-state index in [1.54, 1.807) is 66.7 Å². The van der Waals surface area contributed by atoms with Gasteiger partial charge >= 0.3 is 5.97 Å². The molecule has 0 spiro atoms. The Labute approximate surface area is 219 Å². The molecule has 0 bridgehead atoms. The van der Waals surface area contributed by atoms with Crippen molar-refractivity contribution in [1.29, 1.82) is 0 Å². The number of phenols is 1. The Hall–Kier alpha value is -3.77. The lowest BCUT2D eigenvalue weighted by atomic mass is 9.98. The number of benzene rings is 3. The number of Topliss-reactive ketones (excluding diaryl/α,β-unsaturated/α-hetero) is 2. The van der Waals surface area contributed by atoms with Crippen LogP contribution in [0.4, 0.5) is 0 Å². The molecule has 0 aliphatic rings. The van der Waals surface area contributed by atoms with E-state index < -0.39 is 12.1 Å². The second-order valence-electron chi connectivity index (χ2n) is 8.52. The highest BCUT2D eigenvalue weighted by molar-refractivity contribution is 6.18. The van der Waals surface area contributed by atoms with Crippen LogP contribution in [0.2, 0.25) is 0 Å². The van der Waals surface area contributed by atoms with E-state index in [1.165, 1.54) is 13.2 Å². The molecule has 0 aliphatic carbocycles. The second kappa shape index (κ2) is 16.1. The number of carbonyl (C=O) groups is 3. The van der Waals surface area contributed by atoms with Gasteiger partial charge in [-0.05, 0) is 31.4 Å². The van der Waals surface area contributed by atoms with E-state index in [0.717, 1.165) is 32.1 Å². The molecule has 6 heteroatoms. The number of rotatable bonds is 12. The maximum absolute atomic E-state index is 12.2. The first-order valence-electron chi connectivity index (χ1n) is 12.6. The van der Waals surface area contributed by atoms with Crippen LogP contribution in [0.15, 0.2) is 84.9 Å². The minimum Gasteiger partial charge on any atom is -0.507 e. The summed E-state index contributed by atoms with van der Waals surface area (Å²) in [7, 11) is 1.37. The van der Waals surface area contributed by atoms with Gasteiger partial charge in [0.15, 0.2) is 17.7 Å². The third kappa shape index (κ3) is 9.32. The van der Waals surface area contributed by atoms with Crippen LogP contribution in [0.1, 0.15) is 77.0 Å². The summed E-state index contributed by atoms with van der Waals surface area (Å²) in [5.74, 6) is -1.10. The number of aromatic hydroxyl groups is 1. The molecule has 0 saturated heterocycles. The van der Waals surface area contributed by atoms with Crippen molar-refractivity contribution in [2.75, 3.05) is 7.11 Å². The van der Waals surface area contributed by atoms with Crippen LogP contribution < -0.4 is 0 Å². The van der Waals surface area contributed by atoms with Crippen molar-refractivity contribution >= 4 is 17.5 Å². The van der Waals surface area contributed by atoms with Crippen LogP contribution in [-0.2, 0) is 9.47 Å². The van der Waals surface area contributed by atoms with Gasteiger partial charge in [-0.15, -0.1) is 0 Å². The topological polar surface area (TPSA) is 89.9 Å². The number of methoxy groups -OCH3 is 1. The van der Waals surface area contributed by atoms with Crippen molar-refractivity contribution in [2.45, 2.75) is 58.2 Å². The fourth-order valence-corrected chi connectivity index (χ4v) is 3.67. The molecule has 3 aromatic rings. The van der Waals surface area contributed by atoms with Crippen molar-refractivity contribution in [1.82, 2.24) is 0 Å². The number of para-hydroxylation sites is 1. The fourth-order valence-electron chi connectivity index (χ4n) is 3.67. The van der Waals surface area contributed by atoms with Crippen molar-refractivity contribution in [3.05, 3.63) is 102 Å². The molecule has 6 nitrogen and oxygen atoms in total. The third-order valence-electron chi connectivity index (χ3n) is 5.81. The molecule has 0 saturated carbocycles. The summed E-state index contributed by atoms with van der Waals surface area (Å²) in [6.45, 7) is 4.16. The van der Waals surface area contributed by atoms with Crippen LogP contribution in [-0.4, -0.2) is 42.0 Å². The van der Waals surface area contributed by atoms with E-state index in [9.17, 15) is 19.5 Å². The van der Waals surface area contributed by atoms with E-state index in [0.29, 0.717) is 11.1 Å². The smallest absolute Gasteiger partial charge is 0.342 e. The zero-order valence-corrected chi connectivity index (χ0v) is 21.8. The standard InChI is InChI=1S/C16H14O3.C15H22O3/c1-19-16(14(17)12-8-4-2-5-9-12)15(18)13-10-6-3-7-11-13;1-3-5-6-9-12(4-2)18-15(17)13-10-7-8-11-14(13)16/h2-11,16H,1H3;7-8,10-12,16H,3-6,9H2,1-2H3. The van der Waals surface area contributed by atoms with Crippen LogP contribution in [0.5, 0.6) is 5.75 Å². The predicted octanol–water partition coefficient (Wildman–Crippen LogP) is 6.68. The molecular weight excluding hydrogens is 468 g/mol. The molecule has 0 radical (unpaired) electrons. The maximum Gasteiger partial charge on any atom is 0.342 e. The summed E-state index contributed by atoms with van der Waals surface area (Å²) in [6, 6.07) is 23.8. The first-order valence-corrected chi connectivity index (χ1v) is 12.6. The Morgan fingerprint density at radius 3 is 1.73 bits per heavy atom. The van der Waals surface area contributed by atoms with Crippen molar-refractivity contribution in [3.63, 3.8) is 0 Å². The van der Waals surface area contributed by atoms with Crippen LogP contribution >= 0.6 is 0 Å². The molecule has 1 N–H and O–H groups in total. The van der Waals surface area contributed by atoms with Crippen LogP contribution in [0.3, 0.4) is 0 Å². The minimum absolute atomic E-state index is 0.0223. The van der Waals surface area contributed by atoms with Gasteiger partial charge in [-0.2, -0.15) is 0 Å². The summed E-state index contributed by atoms with van der Waals surface area (Å²) in [4.78, 5) is 36.4. The molecule has 0 amide bonds. The predicted molar refractivity (Wildman–Crippen MR) is 144 cm³/mol. The average molecular weight is 505 g/mol. The van der Waals surface area contributed by atoms with Gasteiger partial charge in [0, 0.05) is 18.2 Å². The Morgan fingerprint density at radius 1 is 0.757 bits per heavy atom. The lowest BCUT2D eigenvalue weighted by Crippen LogP contribution is -2.32. The highest BCUT2D eigenvalue weighted by atomic mass is 16.5. The molecule has 0 aromatic heterocycles. The Balaban J connectivity index is 0.000000261. The molecule has 37 heavy (non-hydrogen) atoms. The van der Waals surface area contributed by atoms with Gasteiger partial charge in [0.2, 0.25) is 0 Å². The minimum atomic E-state index is -1.09. The van der Waals surface area contributed by atoms with E-state index in [4.69, 9.17) is 9.47 Å². The number of ketones is 2. The summed E-state index contributed by atoms with van der Waals surface area (Å²) < 4.78 is 10.5. The molecule has 1 atom stereocenters. The number of hydrogen-bond donors (Lipinski definition) is 1. The number of unbranched alkanes of at least 4 members (excludes halogenated alkanes) is 2. The quantitative estimate of drug-likeness (QED) is 0.128. The molecule has 196 valence electrons. The zero-order chi connectivity index (χ0) is 27.0. The number of hydrogen-bond acceptors (Lipinski definition) is 6. The molecule has 3 rings (SSSR count). The first kappa shape index (κ1) is 29.5. The largest absolute Gasteiger partial charge is 0.507 e. The molecular formula is C31H36O6. The zero-order valence-electron chi connectivity index (χ0n) is 21.8. The highest BCUT2D eigenvalue weighted by Crippen LogP contribution is 2.19. The number of esters is 1. The van der Waals surface area contributed by atoms with E-state index in [2.05, 4.69) is 6.92 Å². The molecule has 3 aromatic carbocycles. The number of ether oxygens (including phenoxy) is 2. The van der Waals surface area contributed by atoms with Crippen molar-refractivity contribution in [2.24, 2.45) is 0 Å². The summed E-state index contributed by atoms with van der Waals surface area (Å²) in [5.41, 5.74) is 1.18.